The molecule has 0 aromatic rings. The molecule has 0 bridgehead atoms. The predicted octanol–water partition coefficient (Wildman–Crippen LogP) is -0.748. The molecule has 74 valence electrons. The molecule has 3 atom stereocenters. The van der Waals surface area contributed by atoms with Gasteiger partial charge in [-0.2, -0.15) is 0 Å². The van der Waals surface area contributed by atoms with Crippen molar-refractivity contribution in [2.24, 2.45) is 0 Å². The molecule has 4 heteroatoms. The van der Waals surface area contributed by atoms with Crippen LogP contribution in [0.5, 0.6) is 0 Å². The van der Waals surface area contributed by atoms with Crippen molar-refractivity contribution >= 4 is 0 Å². The van der Waals surface area contributed by atoms with Crippen molar-refractivity contribution < 1.29 is 20.4 Å². The lowest BCUT2D eigenvalue weighted by Gasteiger charge is -2.19. The lowest BCUT2D eigenvalue weighted by Crippen LogP contribution is -2.35. The molecule has 0 fully saturated rings. The maximum absolute atomic E-state index is 9.22. The normalized spacial score (nSPS) is 18.8. The minimum absolute atomic E-state index is 0.0947. The van der Waals surface area contributed by atoms with E-state index in [1.54, 1.807) is 0 Å². The van der Waals surface area contributed by atoms with Gasteiger partial charge in [-0.05, 0) is 26.2 Å². The van der Waals surface area contributed by atoms with Gasteiger partial charge in [0.25, 0.3) is 0 Å². The molecular formula is C8H18O4. The number of hydrogen-bond acceptors (Lipinski definition) is 4. The highest BCUT2D eigenvalue weighted by molar-refractivity contribution is 4.71. The third-order valence-corrected chi connectivity index (χ3v) is 1.80. The number of rotatable bonds is 6. The van der Waals surface area contributed by atoms with Gasteiger partial charge in [0.05, 0.1) is 12.2 Å². The Kier molecular flexibility index (Phi) is 6.28. The second kappa shape index (κ2) is 6.37. The van der Waals surface area contributed by atoms with E-state index in [9.17, 15) is 5.11 Å². The Morgan fingerprint density at radius 1 is 1.08 bits per heavy atom. The molecule has 0 rings (SSSR count). The summed E-state index contributed by atoms with van der Waals surface area (Å²) < 4.78 is 0. The fourth-order valence-corrected chi connectivity index (χ4v) is 0.958. The molecule has 4 nitrogen and oxygen atoms in total. The van der Waals surface area contributed by atoms with Crippen LogP contribution in [0.25, 0.3) is 0 Å². The molecule has 0 heterocycles. The summed E-state index contributed by atoms with van der Waals surface area (Å²) in [5.41, 5.74) is 0. The zero-order valence-corrected chi connectivity index (χ0v) is 7.35. The van der Waals surface area contributed by atoms with Crippen LogP contribution in [-0.2, 0) is 0 Å². The van der Waals surface area contributed by atoms with Crippen LogP contribution in [0.2, 0.25) is 0 Å². The molecule has 0 saturated heterocycles. The molecule has 0 aromatic heterocycles. The number of hydrogen-bond donors (Lipinski definition) is 4. The van der Waals surface area contributed by atoms with Gasteiger partial charge in [0.15, 0.2) is 0 Å². The summed E-state index contributed by atoms with van der Waals surface area (Å²) in [6.45, 7) is 1.53. The molecule has 0 saturated carbocycles. The first-order valence-corrected chi connectivity index (χ1v) is 4.24. The molecule has 3 unspecified atom stereocenters. The summed E-state index contributed by atoms with van der Waals surface area (Å²) in [5.74, 6) is 0. The van der Waals surface area contributed by atoms with Crippen LogP contribution in [0.1, 0.15) is 26.2 Å². The minimum Gasteiger partial charge on any atom is -0.396 e. The van der Waals surface area contributed by atoms with Crippen molar-refractivity contribution in [1.82, 2.24) is 0 Å². The largest absolute Gasteiger partial charge is 0.396 e. The van der Waals surface area contributed by atoms with Crippen LogP contribution in [0.4, 0.5) is 0 Å². The summed E-state index contributed by atoms with van der Waals surface area (Å²) in [4.78, 5) is 0. The molecule has 0 aliphatic carbocycles. The van der Waals surface area contributed by atoms with Gasteiger partial charge >= 0.3 is 0 Å². The van der Waals surface area contributed by atoms with Gasteiger partial charge in [0.1, 0.15) is 6.10 Å². The van der Waals surface area contributed by atoms with Crippen LogP contribution in [0, 0.1) is 0 Å². The highest BCUT2D eigenvalue weighted by Crippen LogP contribution is 2.07. The Morgan fingerprint density at radius 3 is 2.08 bits per heavy atom. The standard InChI is InChI=1S/C8H18O4/c1-6(10)8(12)7(11)4-2-3-5-9/h6-12H,2-5H2,1H3. The first-order chi connectivity index (χ1) is 5.59. The Hall–Kier alpha value is -0.160. The van der Waals surface area contributed by atoms with Gasteiger partial charge in [-0.1, -0.05) is 0 Å². The van der Waals surface area contributed by atoms with Crippen molar-refractivity contribution in [3.8, 4) is 0 Å². The van der Waals surface area contributed by atoms with E-state index < -0.39 is 18.3 Å². The quantitative estimate of drug-likeness (QED) is 0.403. The average molecular weight is 178 g/mol. The third-order valence-electron chi connectivity index (χ3n) is 1.80. The Morgan fingerprint density at radius 2 is 1.67 bits per heavy atom. The highest BCUT2D eigenvalue weighted by atomic mass is 16.4. The monoisotopic (exact) mass is 178 g/mol. The van der Waals surface area contributed by atoms with Gasteiger partial charge in [0.2, 0.25) is 0 Å². The number of aliphatic hydroxyl groups excluding tert-OH is 4. The highest BCUT2D eigenvalue weighted by Gasteiger charge is 2.20. The Balaban J connectivity index is 3.49. The maximum atomic E-state index is 9.22. The second-order valence-electron chi connectivity index (χ2n) is 3.02. The van der Waals surface area contributed by atoms with Gasteiger partial charge < -0.3 is 20.4 Å². The van der Waals surface area contributed by atoms with E-state index in [-0.39, 0.29) is 6.61 Å². The SMILES string of the molecule is CC(O)C(O)C(O)CCCCO. The topological polar surface area (TPSA) is 80.9 Å². The first-order valence-electron chi connectivity index (χ1n) is 4.24. The summed E-state index contributed by atoms with van der Waals surface area (Å²) in [5, 5.41) is 35.7. The number of aliphatic hydroxyl groups is 4. The summed E-state index contributed by atoms with van der Waals surface area (Å²) in [6.07, 6.45) is -1.20. The predicted molar refractivity (Wildman–Crippen MR) is 44.6 cm³/mol. The van der Waals surface area contributed by atoms with Crippen LogP contribution in [-0.4, -0.2) is 45.3 Å². The van der Waals surface area contributed by atoms with Gasteiger partial charge in [-0.25, -0.2) is 0 Å². The van der Waals surface area contributed by atoms with Crippen molar-refractivity contribution in [3.05, 3.63) is 0 Å². The Labute approximate surface area is 72.5 Å². The third kappa shape index (κ3) is 4.66. The summed E-state index contributed by atoms with van der Waals surface area (Å²) >= 11 is 0. The molecule has 0 amide bonds. The van der Waals surface area contributed by atoms with Crippen molar-refractivity contribution in [2.45, 2.75) is 44.5 Å². The molecule has 0 aliphatic rings. The van der Waals surface area contributed by atoms with Crippen LogP contribution in [0.3, 0.4) is 0 Å². The zero-order chi connectivity index (χ0) is 9.56. The van der Waals surface area contributed by atoms with Crippen LogP contribution < -0.4 is 0 Å². The number of unbranched alkanes of at least 4 members (excludes halogenated alkanes) is 1. The lowest BCUT2D eigenvalue weighted by molar-refractivity contribution is -0.0552. The minimum atomic E-state index is -1.08. The average Bonchev–Trinajstić information content (AvgIpc) is 2.03. The van der Waals surface area contributed by atoms with Gasteiger partial charge in [-0.3, -0.25) is 0 Å². The van der Waals surface area contributed by atoms with Crippen LogP contribution in [0.15, 0.2) is 0 Å². The zero-order valence-electron chi connectivity index (χ0n) is 7.35. The van der Waals surface area contributed by atoms with E-state index in [0.717, 1.165) is 0 Å². The van der Waals surface area contributed by atoms with Gasteiger partial charge in [0, 0.05) is 6.61 Å². The first kappa shape index (κ1) is 11.8. The van der Waals surface area contributed by atoms with E-state index in [1.807, 2.05) is 0 Å². The van der Waals surface area contributed by atoms with Crippen molar-refractivity contribution in [3.63, 3.8) is 0 Å². The van der Waals surface area contributed by atoms with Crippen molar-refractivity contribution in [1.29, 1.82) is 0 Å². The second-order valence-corrected chi connectivity index (χ2v) is 3.02. The summed E-state index contributed by atoms with van der Waals surface area (Å²) in [7, 11) is 0. The molecule has 4 N–H and O–H groups in total. The fourth-order valence-electron chi connectivity index (χ4n) is 0.958. The van der Waals surface area contributed by atoms with E-state index in [4.69, 9.17) is 15.3 Å². The fraction of sp³-hybridized carbons (Fsp3) is 1.00. The van der Waals surface area contributed by atoms with Gasteiger partial charge in [-0.15, -0.1) is 0 Å². The van der Waals surface area contributed by atoms with E-state index in [2.05, 4.69) is 0 Å². The molecular weight excluding hydrogens is 160 g/mol. The van der Waals surface area contributed by atoms with E-state index >= 15 is 0 Å². The van der Waals surface area contributed by atoms with Crippen molar-refractivity contribution in [2.75, 3.05) is 6.61 Å². The summed E-state index contributed by atoms with van der Waals surface area (Å²) in [6, 6.07) is 0. The molecule has 0 spiro atoms. The molecule has 0 radical (unpaired) electrons. The maximum Gasteiger partial charge on any atom is 0.105 e. The Bertz CT molecular complexity index is 105. The van der Waals surface area contributed by atoms with Crippen LogP contribution >= 0.6 is 0 Å². The van der Waals surface area contributed by atoms with E-state index in [1.165, 1.54) is 6.92 Å². The molecule has 0 aliphatic heterocycles. The smallest absolute Gasteiger partial charge is 0.105 e. The molecule has 0 aromatic carbocycles. The van der Waals surface area contributed by atoms with E-state index in [0.29, 0.717) is 19.3 Å². The molecule has 12 heavy (non-hydrogen) atoms. The lowest BCUT2D eigenvalue weighted by atomic mass is 10.0.